The summed E-state index contributed by atoms with van der Waals surface area (Å²) >= 11 is 0. The summed E-state index contributed by atoms with van der Waals surface area (Å²) in [4.78, 5) is 27.1. The molecular formula is C22H29NO7. The van der Waals surface area contributed by atoms with Gasteiger partial charge in [-0.25, -0.2) is 9.69 Å². The molecule has 0 radical (unpaired) electrons. The van der Waals surface area contributed by atoms with Gasteiger partial charge in [-0.3, -0.25) is 4.79 Å². The molecule has 1 aromatic rings. The predicted molar refractivity (Wildman–Crippen MR) is 105 cm³/mol. The molecule has 3 fully saturated rings. The lowest BCUT2D eigenvalue weighted by molar-refractivity contribution is -0.163. The third-order valence-electron chi connectivity index (χ3n) is 5.62. The normalized spacial score (nSPS) is 32.4. The Hall–Kier alpha value is -2.00. The summed E-state index contributed by atoms with van der Waals surface area (Å²) in [6.07, 6.45) is -1.65. The zero-order valence-electron chi connectivity index (χ0n) is 17.8. The first-order chi connectivity index (χ1) is 14.2. The van der Waals surface area contributed by atoms with E-state index in [0.717, 1.165) is 5.56 Å². The van der Waals surface area contributed by atoms with Crippen molar-refractivity contribution in [3.8, 4) is 0 Å². The van der Waals surface area contributed by atoms with Crippen LogP contribution in [-0.4, -0.2) is 66.0 Å². The van der Waals surface area contributed by atoms with E-state index in [1.165, 1.54) is 4.90 Å². The number of rotatable bonds is 5. The fraction of sp³-hybridized carbons (Fsp3) is 0.636. The number of benzene rings is 1. The molecule has 3 aliphatic rings. The van der Waals surface area contributed by atoms with Gasteiger partial charge in [-0.1, -0.05) is 30.3 Å². The Morgan fingerprint density at radius 1 is 1.00 bits per heavy atom. The lowest BCUT2D eigenvalue weighted by atomic mass is 9.99. The molecule has 2 unspecified atom stereocenters. The second kappa shape index (κ2) is 7.92. The summed E-state index contributed by atoms with van der Waals surface area (Å²) in [6.45, 7) is 7.74. The molecule has 2 amide bonds. The number of cyclic esters (lactones) is 1. The van der Waals surface area contributed by atoms with E-state index in [4.69, 9.17) is 23.7 Å². The van der Waals surface area contributed by atoms with Crippen molar-refractivity contribution in [2.75, 3.05) is 13.2 Å². The van der Waals surface area contributed by atoms with Gasteiger partial charge in [0.05, 0.1) is 13.2 Å². The van der Waals surface area contributed by atoms with Crippen molar-refractivity contribution in [3.63, 3.8) is 0 Å². The quantitative estimate of drug-likeness (QED) is 0.725. The average Bonchev–Trinajstić information content (AvgIpc) is 3.34. The van der Waals surface area contributed by atoms with E-state index in [2.05, 4.69) is 0 Å². The highest BCUT2D eigenvalue weighted by molar-refractivity contribution is 5.94. The van der Waals surface area contributed by atoms with Crippen LogP contribution in [0.25, 0.3) is 0 Å². The van der Waals surface area contributed by atoms with Crippen LogP contribution < -0.4 is 0 Å². The van der Waals surface area contributed by atoms with E-state index >= 15 is 0 Å². The first-order valence-corrected chi connectivity index (χ1v) is 10.4. The van der Waals surface area contributed by atoms with Gasteiger partial charge in [0.25, 0.3) is 0 Å². The minimum atomic E-state index is -0.800. The summed E-state index contributed by atoms with van der Waals surface area (Å²) in [5.74, 6) is -1.88. The molecule has 0 aromatic heterocycles. The maximum Gasteiger partial charge on any atom is 0.417 e. The fourth-order valence-electron chi connectivity index (χ4n) is 4.23. The molecule has 0 spiro atoms. The number of hydrogen-bond donors (Lipinski definition) is 0. The van der Waals surface area contributed by atoms with E-state index in [0.29, 0.717) is 6.42 Å². The van der Waals surface area contributed by atoms with Crippen LogP contribution in [0.4, 0.5) is 4.79 Å². The second-order valence-electron chi connectivity index (χ2n) is 8.82. The first kappa shape index (κ1) is 21.2. The molecule has 3 aliphatic heterocycles. The lowest BCUT2D eigenvalue weighted by Crippen LogP contribution is -2.53. The van der Waals surface area contributed by atoms with Gasteiger partial charge in [0.1, 0.15) is 18.2 Å². The number of carbonyl (C=O) groups excluding carboxylic acids is 2. The van der Waals surface area contributed by atoms with Gasteiger partial charge in [0.2, 0.25) is 5.91 Å². The van der Waals surface area contributed by atoms with Crippen LogP contribution in [0, 0.1) is 0 Å². The van der Waals surface area contributed by atoms with Gasteiger partial charge in [0.15, 0.2) is 17.7 Å². The van der Waals surface area contributed by atoms with Crippen molar-refractivity contribution >= 4 is 12.0 Å². The molecule has 4 atom stereocenters. The van der Waals surface area contributed by atoms with Crippen molar-refractivity contribution in [1.82, 2.24) is 4.90 Å². The predicted octanol–water partition coefficient (Wildman–Crippen LogP) is 2.64. The van der Waals surface area contributed by atoms with Gasteiger partial charge in [-0.2, -0.15) is 0 Å². The van der Waals surface area contributed by atoms with E-state index in [1.807, 2.05) is 30.3 Å². The van der Waals surface area contributed by atoms with Crippen molar-refractivity contribution in [2.24, 2.45) is 0 Å². The molecule has 3 heterocycles. The molecule has 4 rings (SSSR count). The molecule has 8 nitrogen and oxygen atoms in total. The molecule has 0 aliphatic carbocycles. The Morgan fingerprint density at radius 2 is 1.60 bits per heavy atom. The Bertz CT molecular complexity index is 794. The van der Waals surface area contributed by atoms with Gasteiger partial charge in [-0.15, -0.1) is 0 Å². The topological polar surface area (TPSA) is 83.5 Å². The second-order valence-corrected chi connectivity index (χ2v) is 8.82. The highest BCUT2D eigenvalue weighted by atomic mass is 16.8. The standard InChI is InChI=1S/C22H29NO7/c1-21(2)26-12-15(29-21)18-19(16-13-27-22(3,4)30-16)28-20(25)23(18)17(24)11-10-14-8-6-5-7-9-14/h5-9,15-16,18-19H,10-13H2,1-4H3/t15?,16?,18-,19+/m0/s1. The highest BCUT2D eigenvalue weighted by Gasteiger charge is 2.57. The minimum absolute atomic E-state index is 0.187. The van der Waals surface area contributed by atoms with Gasteiger partial charge >= 0.3 is 6.09 Å². The number of ether oxygens (including phenoxy) is 5. The van der Waals surface area contributed by atoms with E-state index in [9.17, 15) is 9.59 Å². The minimum Gasteiger partial charge on any atom is -0.441 e. The molecule has 0 bridgehead atoms. The van der Waals surface area contributed by atoms with E-state index in [1.54, 1.807) is 27.7 Å². The molecule has 0 N–H and O–H groups in total. The van der Waals surface area contributed by atoms with Crippen molar-refractivity contribution < 1.29 is 33.3 Å². The van der Waals surface area contributed by atoms with Crippen LogP contribution in [0.2, 0.25) is 0 Å². The van der Waals surface area contributed by atoms with Crippen molar-refractivity contribution in [1.29, 1.82) is 0 Å². The summed E-state index contributed by atoms with van der Waals surface area (Å²) < 4.78 is 29.0. The van der Waals surface area contributed by atoms with Crippen LogP contribution in [0.15, 0.2) is 30.3 Å². The third kappa shape index (κ3) is 4.37. The Kier molecular flexibility index (Phi) is 5.61. The number of imide groups is 1. The van der Waals surface area contributed by atoms with E-state index < -0.39 is 42.0 Å². The van der Waals surface area contributed by atoms with Crippen molar-refractivity contribution in [2.45, 2.75) is 76.5 Å². The molecule has 30 heavy (non-hydrogen) atoms. The first-order valence-electron chi connectivity index (χ1n) is 10.4. The van der Waals surface area contributed by atoms with Crippen molar-refractivity contribution in [3.05, 3.63) is 35.9 Å². The number of amides is 2. The Morgan fingerprint density at radius 3 is 2.17 bits per heavy atom. The monoisotopic (exact) mass is 419 g/mol. The molecule has 3 saturated heterocycles. The number of aryl methyl sites for hydroxylation is 1. The molecule has 0 saturated carbocycles. The summed E-state index contributed by atoms with van der Waals surface area (Å²) in [5, 5.41) is 0. The Balaban J connectivity index is 1.54. The van der Waals surface area contributed by atoms with Gasteiger partial charge < -0.3 is 23.7 Å². The van der Waals surface area contributed by atoms with Crippen LogP contribution in [0.1, 0.15) is 39.7 Å². The number of nitrogens with zero attached hydrogens (tertiary/aromatic N) is 1. The van der Waals surface area contributed by atoms with Crippen LogP contribution in [0.5, 0.6) is 0 Å². The lowest BCUT2D eigenvalue weighted by Gasteiger charge is -2.30. The molecule has 1 aromatic carbocycles. The maximum atomic E-state index is 13.1. The van der Waals surface area contributed by atoms with Crippen LogP contribution in [-0.2, 0) is 34.9 Å². The number of carbonyl (C=O) groups is 2. The zero-order chi connectivity index (χ0) is 21.5. The molecular weight excluding hydrogens is 390 g/mol. The summed E-state index contributed by atoms with van der Waals surface area (Å²) in [6, 6.07) is 9.04. The van der Waals surface area contributed by atoms with Gasteiger partial charge in [-0.05, 0) is 39.7 Å². The molecule has 164 valence electrons. The highest BCUT2D eigenvalue weighted by Crippen LogP contribution is 2.37. The van der Waals surface area contributed by atoms with Crippen LogP contribution in [0.3, 0.4) is 0 Å². The van der Waals surface area contributed by atoms with E-state index in [-0.39, 0.29) is 25.5 Å². The number of hydrogen-bond acceptors (Lipinski definition) is 7. The average molecular weight is 419 g/mol. The summed E-state index contributed by atoms with van der Waals surface area (Å²) in [5.41, 5.74) is 1.03. The SMILES string of the molecule is CC1(C)OCC([C@H]2OC(=O)N(C(=O)CCc3ccccc3)[C@H]2C2COC(C)(C)O2)O1. The van der Waals surface area contributed by atoms with Crippen LogP contribution >= 0.6 is 0 Å². The largest absolute Gasteiger partial charge is 0.441 e. The fourth-order valence-corrected chi connectivity index (χ4v) is 4.23. The zero-order valence-corrected chi connectivity index (χ0v) is 17.8. The van der Waals surface area contributed by atoms with Gasteiger partial charge in [0, 0.05) is 6.42 Å². The molecule has 8 heteroatoms. The smallest absolute Gasteiger partial charge is 0.417 e. The maximum absolute atomic E-state index is 13.1. The Labute approximate surface area is 176 Å². The third-order valence-corrected chi connectivity index (χ3v) is 5.62. The summed E-state index contributed by atoms with van der Waals surface area (Å²) in [7, 11) is 0.